The van der Waals surface area contributed by atoms with Gasteiger partial charge in [0, 0.05) is 19.5 Å². The smallest absolute Gasteiger partial charge is 0.249 e. The summed E-state index contributed by atoms with van der Waals surface area (Å²) in [5.74, 6) is 1.73. The van der Waals surface area contributed by atoms with Crippen molar-refractivity contribution in [2.45, 2.75) is 63.6 Å². The highest BCUT2D eigenvalue weighted by molar-refractivity contribution is 6.05. The summed E-state index contributed by atoms with van der Waals surface area (Å²) in [6, 6.07) is 14.1. The summed E-state index contributed by atoms with van der Waals surface area (Å²) in [6.07, 6.45) is 5.87. The van der Waals surface area contributed by atoms with Crippen molar-refractivity contribution in [3.8, 4) is 0 Å². The van der Waals surface area contributed by atoms with Crippen molar-refractivity contribution in [3.63, 3.8) is 0 Å². The Labute approximate surface area is 177 Å². The molecule has 1 aromatic carbocycles. The first-order valence-corrected chi connectivity index (χ1v) is 11.0. The summed E-state index contributed by atoms with van der Waals surface area (Å²) in [7, 11) is 1.82. The number of rotatable bonds is 3. The molecule has 2 amide bonds. The van der Waals surface area contributed by atoms with Gasteiger partial charge in [0.15, 0.2) is 5.82 Å². The van der Waals surface area contributed by atoms with Gasteiger partial charge in [-0.1, -0.05) is 43.2 Å². The first-order valence-electron chi connectivity index (χ1n) is 11.0. The van der Waals surface area contributed by atoms with Crippen LogP contribution in [0, 0.1) is 0 Å². The van der Waals surface area contributed by atoms with E-state index in [1.165, 1.54) is 12.8 Å². The molecule has 1 aromatic heterocycles. The Balaban J connectivity index is 1.58. The summed E-state index contributed by atoms with van der Waals surface area (Å²) >= 11 is 0. The Morgan fingerprint density at radius 3 is 2.43 bits per heavy atom. The molecule has 30 heavy (non-hydrogen) atoms. The second-order valence-electron chi connectivity index (χ2n) is 8.66. The van der Waals surface area contributed by atoms with Crippen LogP contribution in [0.1, 0.15) is 57.1 Å². The summed E-state index contributed by atoms with van der Waals surface area (Å²) < 4.78 is 0. The third kappa shape index (κ3) is 2.97. The molecule has 156 valence electrons. The zero-order valence-electron chi connectivity index (χ0n) is 17.6. The lowest BCUT2D eigenvalue weighted by Gasteiger charge is -2.43. The number of nitrogens with zero attached hydrogens (tertiary/aromatic N) is 4. The van der Waals surface area contributed by atoms with Crippen LogP contribution in [-0.4, -0.2) is 35.9 Å². The molecule has 2 fully saturated rings. The molecule has 0 radical (unpaired) electrons. The van der Waals surface area contributed by atoms with Crippen molar-refractivity contribution in [3.05, 3.63) is 48.0 Å². The van der Waals surface area contributed by atoms with E-state index in [0.717, 1.165) is 36.3 Å². The van der Waals surface area contributed by atoms with E-state index in [2.05, 4.69) is 17.0 Å². The molecule has 2 aliphatic heterocycles. The number of carbonyl (C=O) groups excluding carboxylic acids is 2. The summed E-state index contributed by atoms with van der Waals surface area (Å²) in [6.45, 7) is 1.97. The van der Waals surface area contributed by atoms with Gasteiger partial charge >= 0.3 is 0 Å². The van der Waals surface area contributed by atoms with Crippen molar-refractivity contribution < 1.29 is 9.59 Å². The van der Waals surface area contributed by atoms with Gasteiger partial charge in [0.1, 0.15) is 11.9 Å². The maximum atomic E-state index is 12.9. The summed E-state index contributed by atoms with van der Waals surface area (Å²) in [5, 5.41) is 0. The van der Waals surface area contributed by atoms with Gasteiger partial charge in [-0.05, 0) is 43.9 Å². The number of aromatic nitrogens is 1. The average Bonchev–Trinajstić information content (AvgIpc) is 3.43. The molecule has 0 N–H and O–H groups in total. The number of benzene rings is 1. The van der Waals surface area contributed by atoms with Gasteiger partial charge in [-0.2, -0.15) is 0 Å². The molecule has 5 rings (SSSR count). The normalized spacial score (nSPS) is 24.7. The molecular weight excluding hydrogens is 376 g/mol. The second-order valence-corrected chi connectivity index (χ2v) is 8.66. The SMILES string of the molecule is CC1C(=O)N(C)c2ccc(N3C(=O)CCC3c3ccccc3)nc2N1C1CCCC1. The number of hydrogen-bond acceptors (Lipinski definition) is 4. The fourth-order valence-corrected chi connectivity index (χ4v) is 5.35. The Bertz CT molecular complexity index is 970. The van der Waals surface area contributed by atoms with E-state index in [1.54, 1.807) is 4.90 Å². The van der Waals surface area contributed by atoms with Crippen LogP contribution < -0.4 is 14.7 Å². The van der Waals surface area contributed by atoms with Gasteiger partial charge in [0.2, 0.25) is 11.8 Å². The summed E-state index contributed by atoms with van der Waals surface area (Å²) in [4.78, 5) is 36.5. The molecule has 6 heteroatoms. The Morgan fingerprint density at radius 1 is 0.967 bits per heavy atom. The number of anilines is 3. The highest BCUT2D eigenvalue weighted by Gasteiger charge is 2.41. The number of pyridine rings is 1. The molecule has 3 heterocycles. The highest BCUT2D eigenvalue weighted by atomic mass is 16.2. The molecule has 0 bridgehead atoms. The van der Waals surface area contributed by atoms with Crippen LogP contribution >= 0.6 is 0 Å². The monoisotopic (exact) mass is 404 g/mol. The van der Waals surface area contributed by atoms with Crippen LogP contribution in [0.25, 0.3) is 0 Å². The lowest BCUT2D eigenvalue weighted by molar-refractivity contribution is -0.120. The quantitative estimate of drug-likeness (QED) is 0.774. The molecule has 0 spiro atoms. The second kappa shape index (κ2) is 7.42. The van der Waals surface area contributed by atoms with Crippen molar-refractivity contribution in [2.75, 3.05) is 21.7 Å². The Hall–Kier alpha value is -2.89. The zero-order valence-corrected chi connectivity index (χ0v) is 17.6. The van der Waals surface area contributed by atoms with Gasteiger partial charge in [0.05, 0.1) is 11.7 Å². The third-order valence-electron chi connectivity index (χ3n) is 6.91. The van der Waals surface area contributed by atoms with Crippen LogP contribution in [-0.2, 0) is 9.59 Å². The number of amides is 2. The predicted octanol–water partition coefficient (Wildman–Crippen LogP) is 4.06. The van der Waals surface area contributed by atoms with E-state index in [-0.39, 0.29) is 23.9 Å². The van der Waals surface area contributed by atoms with Gasteiger partial charge in [0.25, 0.3) is 0 Å². The Morgan fingerprint density at radius 2 is 1.70 bits per heavy atom. The standard InChI is InChI=1S/C24H28N4O2/c1-16-24(30)26(2)20-12-14-21(25-23(20)27(16)18-10-6-7-11-18)28-19(13-15-22(28)29)17-8-4-3-5-9-17/h3-5,8-9,12,14,16,18-19H,6-7,10-11,13,15H2,1-2H3. The van der Waals surface area contributed by atoms with Gasteiger partial charge < -0.3 is 9.80 Å². The molecule has 2 atom stereocenters. The predicted molar refractivity (Wildman–Crippen MR) is 118 cm³/mol. The Kier molecular flexibility index (Phi) is 4.72. The fourth-order valence-electron chi connectivity index (χ4n) is 5.35. The van der Waals surface area contributed by atoms with Crippen molar-refractivity contribution in [2.24, 2.45) is 0 Å². The van der Waals surface area contributed by atoms with E-state index in [1.807, 2.05) is 49.2 Å². The molecule has 1 saturated carbocycles. The van der Waals surface area contributed by atoms with Crippen LogP contribution in [0.4, 0.5) is 17.3 Å². The van der Waals surface area contributed by atoms with Crippen LogP contribution in [0.2, 0.25) is 0 Å². The lowest BCUT2D eigenvalue weighted by Crippen LogP contribution is -2.54. The zero-order chi connectivity index (χ0) is 20.8. The van der Waals surface area contributed by atoms with E-state index >= 15 is 0 Å². The van der Waals surface area contributed by atoms with E-state index in [0.29, 0.717) is 18.3 Å². The molecule has 1 saturated heterocycles. The average molecular weight is 405 g/mol. The first kappa shape index (κ1) is 19.1. The van der Waals surface area contributed by atoms with Crippen molar-refractivity contribution in [1.29, 1.82) is 0 Å². The van der Waals surface area contributed by atoms with Gasteiger partial charge in [-0.25, -0.2) is 4.98 Å². The van der Waals surface area contributed by atoms with Crippen molar-refractivity contribution in [1.82, 2.24) is 4.98 Å². The van der Waals surface area contributed by atoms with Gasteiger partial charge in [-0.3, -0.25) is 14.5 Å². The molecule has 2 unspecified atom stereocenters. The van der Waals surface area contributed by atoms with Crippen molar-refractivity contribution >= 4 is 29.1 Å². The molecular formula is C24H28N4O2. The van der Waals surface area contributed by atoms with E-state index in [9.17, 15) is 9.59 Å². The van der Waals surface area contributed by atoms with Crippen LogP contribution in [0.5, 0.6) is 0 Å². The topological polar surface area (TPSA) is 56.8 Å². The molecule has 1 aliphatic carbocycles. The maximum absolute atomic E-state index is 12.9. The molecule has 6 nitrogen and oxygen atoms in total. The van der Waals surface area contributed by atoms with Gasteiger partial charge in [-0.15, -0.1) is 0 Å². The number of carbonyl (C=O) groups is 2. The van der Waals surface area contributed by atoms with E-state index < -0.39 is 0 Å². The molecule has 3 aliphatic rings. The third-order valence-corrected chi connectivity index (χ3v) is 6.91. The largest absolute Gasteiger partial charge is 0.340 e. The minimum atomic E-state index is -0.243. The van der Waals surface area contributed by atoms with Crippen LogP contribution in [0.3, 0.4) is 0 Å². The fraction of sp³-hybridized carbons (Fsp3) is 0.458. The number of hydrogen-bond donors (Lipinski definition) is 0. The number of likely N-dealkylation sites (N-methyl/N-ethyl adjacent to an activating group) is 1. The minimum Gasteiger partial charge on any atom is -0.340 e. The first-order chi connectivity index (χ1) is 14.6. The number of fused-ring (bicyclic) bond motifs is 1. The lowest BCUT2D eigenvalue weighted by atomic mass is 10.0. The molecule has 2 aromatic rings. The maximum Gasteiger partial charge on any atom is 0.249 e. The minimum absolute atomic E-state index is 0.00422. The highest BCUT2D eigenvalue weighted by Crippen LogP contribution is 2.42. The van der Waals surface area contributed by atoms with E-state index in [4.69, 9.17) is 4.98 Å². The van der Waals surface area contributed by atoms with Crippen LogP contribution in [0.15, 0.2) is 42.5 Å². The summed E-state index contributed by atoms with van der Waals surface area (Å²) in [5.41, 5.74) is 1.97.